The van der Waals surface area contributed by atoms with E-state index in [4.69, 9.17) is 25.1 Å². The number of ketones is 1. The van der Waals surface area contributed by atoms with Gasteiger partial charge in [0.2, 0.25) is 0 Å². The molecule has 0 aromatic rings. The summed E-state index contributed by atoms with van der Waals surface area (Å²) in [6.07, 6.45) is -3.71. The zero-order chi connectivity index (χ0) is 11.4. The molecule has 2 atom stereocenters. The van der Waals surface area contributed by atoms with Crippen LogP contribution in [0.3, 0.4) is 0 Å². The van der Waals surface area contributed by atoms with E-state index < -0.39 is 39.0 Å². The zero-order valence-electron chi connectivity index (χ0n) is 6.98. The van der Waals surface area contributed by atoms with Gasteiger partial charge in [0.05, 0.1) is 6.61 Å². The molecule has 84 valence electrons. The third-order valence-electron chi connectivity index (χ3n) is 1.26. The number of phosphoric acid groups is 1. The second-order valence-electron chi connectivity index (χ2n) is 2.42. The largest absolute Gasteiger partial charge is 0.469 e. The second-order valence-corrected chi connectivity index (χ2v) is 3.66. The van der Waals surface area contributed by atoms with Crippen LogP contribution < -0.4 is 0 Å². The molecule has 5 N–H and O–H groups in total. The summed E-state index contributed by atoms with van der Waals surface area (Å²) in [5.41, 5.74) is 0. The minimum Gasteiger partial charge on any atom is -0.388 e. The van der Waals surface area contributed by atoms with Gasteiger partial charge in [-0.05, 0) is 0 Å². The Morgan fingerprint density at radius 3 is 2.21 bits per heavy atom. The predicted octanol–water partition coefficient (Wildman–Crippen LogP) is -2.62. The quantitative estimate of drug-likeness (QED) is 0.312. The van der Waals surface area contributed by atoms with Crippen LogP contribution in [0.2, 0.25) is 0 Å². The van der Waals surface area contributed by atoms with Crippen molar-refractivity contribution >= 4 is 13.6 Å². The van der Waals surface area contributed by atoms with Crippen LogP contribution in [-0.2, 0) is 13.9 Å². The van der Waals surface area contributed by atoms with Crippen molar-refractivity contribution in [3.8, 4) is 0 Å². The van der Waals surface area contributed by atoms with Crippen LogP contribution in [0.25, 0.3) is 0 Å². The Kier molecular flexibility index (Phi) is 5.38. The molecule has 0 bridgehead atoms. The minimum absolute atomic E-state index is 0.906. The molecule has 0 aliphatic rings. The van der Waals surface area contributed by atoms with Gasteiger partial charge in [0, 0.05) is 0 Å². The molecule has 0 aromatic heterocycles. The van der Waals surface area contributed by atoms with Crippen LogP contribution >= 0.6 is 7.82 Å². The third-order valence-corrected chi connectivity index (χ3v) is 1.75. The first kappa shape index (κ1) is 13.7. The van der Waals surface area contributed by atoms with Crippen LogP contribution in [-0.4, -0.2) is 56.3 Å². The fourth-order valence-electron chi connectivity index (χ4n) is 0.573. The summed E-state index contributed by atoms with van der Waals surface area (Å²) in [7, 11) is -4.74. The van der Waals surface area contributed by atoms with E-state index >= 15 is 0 Å². The van der Waals surface area contributed by atoms with Gasteiger partial charge in [0.1, 0.15) is 18.8 Å². The highest BCUT2D eigenvalue weighted by Gasteiger charge is 2.26. The molecule has 0 rings (SSSR count). The lowest BCUT2D eigenvalue weighted by molar-refractivity contribution is -0.137. The van der Waals surface area contributed by atoms with Gasteiger partial charge in [-0.2, -0.15) is 0 Å². The van der Waals surface area contributed by atoms with E-state index in [2.05, 4.69) is 4.52 Å². The van der Waals surface area contributed by atoms with E-state index in [1.807, 2.05) is 0 Å². The number of hydrogen-bond acceptors (Lipinski definition) is 6. The Balaban J connectivity index is 4.02. The average Bonchev–Trinajstić information content (AvgIpc) is 2.10. The number of aliphatic hydroxyl groups is 3. The molecule has 8 nitrogen and oxygen atoms in total. The molecule has 0 saturated carbocycles. The Labute approximate surface area is 79.0 Å². The number of aliphatic hydroxyl groups excluding tert-OH is 3. The molecule has 0 heterocycles. The average molecular weight is 230 g/mol. The molecule has 0 amide bonds. The molecule has 0 aliphatic heterocycles. The van der Waals surface area contributed by atoms with Crippen LogP contribution in [0, 0.1) is 0 Å². The first-order valence-corrected chi connectivity index (χ1v) is 5.00. The maximum Gasteiger partial charge on any atom is 0.469 e. The molecule has 2 unspecified atom stereocenters. The molecular formula is C5H11O8P. The second kappa shape index (κ2) is 5.52. The van der Waals surface area contributed by atoms with Crippen molar-refractivity contribution in [2.45, 2.75) is 12.2 Å². The number of carbonyl (C=O) groups is 1. The summed E-state index contributed by atoms with van der Waals surface area (Å²) < 4.78 is 14.0. The van der Waals surface area contributed by atoms with E-state index in [0.29, 0.717) is 0 Å². The first-order valence-electron chi connectivity index (χ1n) is 3.47. The van der Waals surface area contributed by atoms with Crippen molar-refractivity contribution in [2.75, 3.05) is 13.2 Å². The highest BCUT2D eigenvalue weighted by molar-refractivity contribution is 7.46. The predicted molar refractivity (Wildman–Crippen MR) is 42.1 cm³/mol. The van der Waals surface area contributed by atoms with E-state index in [1.54, 1.807) is 0 Å². The smallest absolute Gasteiger partial charge is 0.388 e. The lowest BCUT2D eigenvalue weighted by Crippen LogP contribution is -2.38. The molecule has 14 heavy (non-hydrogen) atoms. The summed E-state index contributed by atoms with van der Waals surface area (Å²) in [5.74, 6) is -1.06. The zero-order valence-corrected chi connectivity index (χ0v) is 7.87. The molecule has 0 aromatic carbocycles. The Morgan fingerprint density at radius 2 is 1.86 bits per heavy atom. The summed E-state index contributed by atoms with van der Waals surface area (Å²) >= 11 is 0. The topological polar surface area (TPSA) is 145 Å². The number of hydrogen-bond donors (Lipinski definition) is 5. The summed E-state index contributed by atoms with van der Waals surface area (Å²) in [4.78, 5) is 27.0. The maximum atomic E-state index is 10.6. The van der Waals surface area contributed by atoms with E-state index in [1.165, 1.54) is 0 Å². The monoisotopic (exact) mass is 230 g/mol. The fourth-order valence-corrected chi connectivity index (χ4v) is 0.920. The number of rotatable bonds is 6. The number of Topliss-reactive ketones (excluding diaryl/α,β-unsaturated/α-hetero) is 1. The molecule has 0 spiro atoms. The fraction of sp³-hybridized carbons (Fsp3) is 0.800. The number of phosphoric ester groups is 1. The SMILES string of the molecule is O=C(CO)C(O)C(O)COP(=O)(O)O. The van der Waals surface area contributed by atoms with Gasteiger partial charge < -0.3 is 25.1 Å². The maximum absolute atomic E-state index is 10.6. The lowest BCUT2D eigenvalue weighted by atomic mass is 10.1. The van der Waals surface area contributed by atoms with Crippen LogP contribution in [0.4, 0.5) is 0 Å². The summed E-state index contributed by atoms with van der Waals surface area (Å²) in [6, 6.07) is 0. The Hall–Kier alpha value is -0.340. The highest BCUT2D eigenvalue weighted by Crippen LogP contribution is 2.35. The summed E-state index contributed by atoms with van der Waals surface area (Å²) in [6.45, 7) is -1.88. The van der Waals surface area contributed by atoms with Gasteiger partial charge in [-0.25, -0.2) is 4.57 Å². The molecule has 0 saturated heterocycles. The highest BCUT2D eigenvalue weighted by atomic mass is 31.2. The minimum atomic E-state index is -4.74. The van der Waals surface area contributed by atoms with E-state index in [9.17, 15) is 9.36 Å². The molecule has 0 aliphatic carbocycles. The molecule has 9 heteroatoms. The van der Waals surface area contributed by atoms with Crippen molar-refractivity contribution in [3.05, 3.63) is 0 Å². The van der Waals surface area contributed by atoms with Gasteiger partial charge >= 0.3 is 7.82 Å². The van der Waals surface area contributed by atoms with Gasteiger partial charge in [-0.3, -0.25) is 9.32 Å². The Bertz CT molecular complexity index is 234. The lowest BCUT2D eigenvalue weighted by Gasteiger charge is -2.15. The normalized spacial score (nSPS) is 16.4. The van der Waals surface area contributed by atoms with E-state index in [-0.39, 0.29) is 0 Å². The van der Waals surface area contributed by atoms with Crippen molar-refractivity contribution in [2.24, 2.45) is 0 Å². The van der Waals surface area contributed by atoms with Gasteiger partial charge in [-0.1, -0.05) is 0 Å². The van der Waals surface area contributed by atoms with E-state index in [0.717, 1.165) is 0 Å². The molecule has 0 fully saturated rings. The molecule has 0 radical (unpaired) electrons. The van der Waals surface area contributed by atoms with Gasteiger partial charge in [-0.15, -0.1) is 0 Å². The Morgan fingerprint density at radius 1 is 1.36 bits per heavy atom. The molecular weight excluding hydrogens is 219 g/mol. The van der Waals surface area contributed by atoms with Crippen molar-refractivity contribution in [1.29, 1.82) is 0 Å². The first-order chi connectivity index (χ1) is 6.28. The van der Waals surface area contributed by atoms with Crippen LogP contribution in [0.5, 0.6) is 0 Å². The standard InChI is InChI=1S/C5H11O8P/c6-1-3(7)5(9)4(8)2-13-14(10,11)12/h4-6,8-9H,1-2H2,(H2,10,11,12). The van der Waals surface area contributed by atoms with Crippen LogP contribution in [0.15, 0.2) is 0 Å². The number of carbonyl (C=O) groups excluding carboxylic acids is 1. The van der Waals surface area contributed by atoms with Crippen molar-refractivity contribution in [1.82, 2.24) is 0 Å². The van der Waals surface area contributed by atoms with Gasteiger partial charge in [0.15, 0.2) is 5.78 Å². The van der Waals surface area contributed by atoms with Crippen molar-refractivity contribution < 1.29 is 39.0 Å². The third kappa shape index (κ3) is 5.40. The summed E-state index contributed by atoms with van der Waals surface area (Å²) in [5, 5.41) is 26.1. The van der Waals surface area contributed by atoms with Crippen molar-refractivity contribution in [3.63, 3.8) is 0 Å². The van der Waals surface area contributed by atoms with Crippen LogP contribution in [0.1, 0.15) is 0 Å². The van der Waals surface area contributed by atoms with Gasteiger partial charge in [0.25, 0.3) is 0 Å².